The van der Waals surface area contributed by atoms with Crippen LogP contribution >= 0.6 is 11.6 Å². The van der Waals surface area contributed by atoms with Gasteiger partial charge in [0, 0.05) is 28.7 Å². The van der Waals surface area contributed by atoms with Crippen LogP contribution in [0.15, 0.2) is 42.6 Å². The summed E-state index contributed by atoms with van der Waals surface area (Å²) in [6.45, 7) is 6.07. The summed E-state index contributed by atoms with van der Waals surface area (Å²) in [5, 5.41) is 3.89. The number of nitrogens with one attached hydrogen (secondary N) is 1. The standard InChI is InChI=1S/C24H31ClN2O/c1-4-16(2)24(28)27-17(3)18-5-7-19(8-6-18)20-9-11-21(12-10-20)23-15-22(25)13-14-26-23/h5-8,13-17,20-21H,4,9-12H2,1-3H3,(H,27,28)/t16-,17+,20?,21?/m1/s1. The molecule has 1 aliphatic carbocycles. The van der Waals surface area contributed by atoms with Crippen molar-refractivity contribution in [2.75, 3.05) is 0 Å². The quantitative estimate of drug-likeness (QED) is 0.611. The van der Waals surface area contributed by atoms with Gasteiger partial charge < -0.3 is 5.32 Å². The number of amides is 1. The molecule has 1 aromatic carbocycles. The smallest absolute Gasteiger partial charge is 0.223 e. The Morgan fingerprint density at radius 3 is 2.36 bits per heavy atom. The van der Waals surface area contributed by atoms with E-state index in [0.29, 0.717) is 11.8 Å². The van der Waals surface area contributed by atoms with Crippen LogP contribution in [-0.4, -0.2) is 10.9 Å². The van der Waals surface area contributed by atoms with Gasteiger partial charge in [0.15, 0.2) is 0 Å². The number of carbonyl (C=O) groups excluding carboxylic acids is 1. The normalized spacial score (nSPS) is 21.7. The molecule has 1 heterocycles. The lowest BCUT2D eigenvalue weighted by molar-refractivity contribution is -0.125. The zero-order chi connectivity index (χ0) is 20.1. The van der Waals surface area contributed by atoms with Gasteiger partial charge in [0.1, 0.15) is 0 Å². The van der Waals surface area contributed by atoms with E-state index in [2.05, 4.69) is 41.5 Å². The summed E-state index contributed by atoms with van der Waals surface area (Å²) in [5.41, 5.74) is 3.70. The van der Waals surface area contributed by atoms with Gasteiger partial charge in [-0.2, -0.15) is 0 Å². The van der Waals surface area contributed by atoms with E-state index in [1.165, 1.54) is 18.4 Å². The molecule has 1 N–H and O–H groups in total. The molecule has 1 fully saturated rings. The van der Waals surface area contributed by atoms with Crippen LogP contribution in [0.1, 0.15) is 87.6 Å². The molecule has 1 saturated carbocycles. The Kier molecular flexibility index (Phi) is 7.12. The van der Waals surface area contributed by atoms with Crippen molar-refractivity contribution in [3.05, 3.63) is 64.4 Å². The van der Waals surface area contributed by atoms with E-state index in [4.69, 9.17) is 11.6 Å². The number of rotatable bonds is 6. The Hall–Kier alpha value is -1.87. The number of halogens is 1. The van der Waals surface area contributed by atoms with Gasteiger partial charge in [-0.3, -0.25) is 9.78 Å². The molecule has 28 heavy (non-hydrogen) atoms. The molecule has 3 nitrogen and oxygen atoms in total. The van der Waals surface area contributed by atoms with E-state index in [9.17, 15) is 4.79 Å². The number of benzene rings is 1. The first-order valence-electron chi connectivity index (χ1n) is 10.5. The fourth-order valence-corrected chi connectivity index (χ4v) is 4.22. The topological polar surface area (TPSA) is 42.0 Å². The maximum Gasteiger partial charge on any atom is 0.223 e. The molecule has 4 heteroatoms. The highest BCUT2D eigenvalue weighted by atomic mass is 35.5. The van der Waals surface area contributed by atoms with Crippen molar-refractivity contribution in [1.82, 2.24) is 10.3 Å². The highest BCUT2D eigenvalue weighted by Crippen LogP contribution is 2.40. The summed E-state index contributed by atoms with van der Waals surface area (Å²) in [7, 11) is 0. The van der Waals surface area contributed by atoms with Crippen LogP contribution in [0, 0.1) is 5.92 Å². The highest BCUT2D eigenvalue weighted by Gasteiger charge is 2.24. The Morgan fingerprint density at radius 2 is 1.75 bits per heavy atom. The van der Waals surface area contributed by atoms with Gasteiger partial charge in [-0.25, -0.2) is 0 Å². The maximum absolute atomic E-state index is 12.1. The average molecular weight is 399 g/mol. The number of hydrogen-bond donors (Lipinski definition) is 1. The van der Waals surface area contributed by atoms with Crippen LogP contribution in [-0.2, 0) is 4.79 Å². The minimum atomic E-state index is 0.0418. The van der Waals surface area contributed by atoms with Gasteiger partial charge in [-0.05, 0) is 68.2 Å². The second-order valence-electron chi connectivity index (χ2n) is 8.15. The predicted molar refractivity (Wildman–Crippen MR) is 116 cm³/mol. The molecular weight excluding hydrogens is 368 g/mol. The van der Waals surface area contributed by atoms with Crippen molar-refractivity contribution >= 4 is 17.5 Å². The number of nitrogens with zero attached hydrogens (tertiary/aromatic N) is 1. The van der Waals surface area contributed by atoms with Crippen molar-refractivity contribution < 1.29 is 4.79 Å². The first-order chi connectivity index (χ1) is 13.5. The molecule has 2 atom stereocenters. The van der Waals surface area contributed by atoms with E-state index < -0.39 is 0 Å². The predicted octanol–water partition coefficient (Wildman–Crippen LogP) is 6.40. The van der Waals surface area contributed by atoms with Crippen molar-refractivity contribution in [3.63, 3.8) is 0 Å². The van der Waals surface area contributed by atoms with Crippen LogP contribution in [0.5, 0.6) is 0 Å². The summed E-state index contributed by atoms with van der Waals surface area (Å²) in [6, 6.07) is 12.7. The minimum Gasteiger partial charge on any atom is -0.349 e. The van der Waals surface area contributed by atoms with Gasteiger partial charge in [-0.15, -0.1) is 0 Å². The molecule has 0 unspecified atom stereocenters. The minimum absolute atomic E-state index is 0.0418. The average Bonchev–Trinajstić information content (AvgIpc) is 2.73. The van der Waals surface area contributed by atoms with Gasteiger partial charge >= 0.3 is 0 Å². The van der Waals surface area contributed by atoms with Crippen LogP contribution in [0.4, 0.5) is 0 Å². The highest BCUT2D eigenvalue weighted by molar-refractivity contribution is 6.30. The number of hydrogen-bond acceptors (Lipinski definition) is 2. The van der Waals surface area contributed by atoms with Gasteiger partial charge in [0.25, 0.3) is 0 Å². The molecule has 150 valence electrons. The first kappa shape index (κ1) is 20.9. The summed E-state index contributed by atoms with van der Waals surface area (Å²) in [5.74, 6) is 1.32. The van der Waals surface area contributed by atoms with E-state index in [-0.39, 0.29) is 17.9 Å². The molecule has 2 aromatic rings. The maximum atomic E-state index is 12.1. The molecule has 1 aromatic heterocycles. The van der Waals surface area contributed by atoms with Crippen molar-refractivity contribution in [1.29, 1.82) is 0 Å². The molecule has 1 amide bonds. The van der Waals surface area contributed by atoms with E-state index >= 15 is 0 Å². The van der Waals surface area contributed by atoms with Crippen LogP contribution < -0.4 is 5.32 Å². The molecule has 0 radical (unpaired) electrons. The van der Waals surface area contributed by atoms with Gasteiger partial charge in [-0.1, -0.05) is 49.7 Å². The number of pyridine rings is 1. The van der Waals surface area contributed by atoms with Gasteiger partial charge in [0.2, 0.25) is 5.91 Å². The van der Waals surface area contributed by atoms with Crippen LogP contribution in [0.2, 0.25) is 5.02 Å². The van der Waals surface area contributed by atoms with Crippen LogP contribution in [0.25, 0.3) is 0 Å². The SMILES string of the molecule is CC[C@@H](C)C(=O)N[C@@H](C)c1ccc(C2CCC(c3cc(Cl)ccn3)CC2)cc1. The number of carbonyl (C=O) groups is 1. The lowest BCUT2D eigenvalue weighted by Gasteiger charge is -2.29. The second-order valence-corrected chi connectivity index (χ2v) is 8.59. The second kappa shape index (κ2) is 9.56. The fraction of sp³-hybridized carbons (Fsp3) is 0.500. The Morgan fingerprint density at radius 1 is 1.11 bits per heavy atom. The monoisotopic (exact) mass is 398 g/mol. The van der Waals surface area contributed by atoms with Gasteiger partial charge in [0.05, 0.1) is 6.04 Å². The third kappa shape index (κ3) is 5.14. The largest absolute Gasteiger partial charge is 0.349 e. The summed E-state index contributed by atoms with van der Waals surface area (Å²) < 4.78 is 0. The Balaban J connectivity index is 1.56. The van der Waals surface area contributed by atoms with Crippen molar-refractivity contribution in [2.45, 2.75) is 70.8 Å². The molecule has 0 saturated heterocycles. The molecule has 0 spiro atoms. The third-order valence-corrected chi connectivity index (χ3v) is 6.45. The molecule has 3 rings (SSSR count). The van der Waals surface area contributed by atoms with Crippen molar-refractivity contribution in [3.8, 4) is 0 Å². The Labute approximate surface area is 173 Å². The van der Waals surface area contributed by atoms with Crippen molar-refractivity contribution in [2.24, 2.45) is 5.92 Å². The Bertz CT molecular complexity index is 781. The lowest BCUT2D eigenvalue weighted by atomic mass is 9.77. The summed E-state index contributed by atoms with van der Waals surface area (Å²) in [6.07, 6.45) is 7.34. The third-order valence-electron chi connectivity index (χ3n) is 6.22. The molecule has 0 bridgehead atoms. The molecule has 1 aliphatic rings. The fourth-order valence-electron chi connectivity index (χ4n) is 4.05. The number of aromatic nitrogens is 1. The lowest BCUT2D eigenvalue weighted by Crippen LogP contribution is -2.31. The zero-order valence-electron chi connectivity index (χ0n) is 17.1. The van der Waals surface area contributed by atoms with E-state index in [0.717, 1.165) is 35.5 Å². The van der Waals surface area contributed by atoms with E-state index in [1.54, 1.807) is 0 Å². The molecular formula is C24H31ClN2O. The zero-order valence-corrected chi connectivity index (χ0v) is 17.9. The first-order valence-corrected chi connectivity index (χ1v) is 10.9. The summed E-state index contributed by atoms with van der Waals surface area (Å²) in [4.78, 5) is 16.6. The van der Waals surface area contributed by atoms with Crippen LogP contribution in [0.3, 0.4) is 0 Å². The van der Waals surface area contributed by atoms with E-state index in [1.807, 2.05) is 32.2 Å². The molecule has 0 aliphatic heterocycles. The summed E-state index contributed by atoms with van der Waals surface area (Å²) >= 11 is 6.12.